The highest BCUT2D eigenvalue weighted by molar-refractivity contribution is 7.97. The van der Waals surface area contributed by atoms with E-state index in [0.717, 1.165) is 48.6 Å². The molecule has 0 saturated carbocycles. The summed E-state index contributed by atoms with van der Waals surface area (Å²) in [5, 5.41) is 4.01. The zero-order chi connectivity index (χ0) is 19.1. The van der Waals surface area contributed by atoms with Crippen LogP contribution in [0, 0.1) is 13.8 Å². The van der Waals surface area contributed by atoms with Crippen LogP contribution in [0.4, 0.5) is 10.5 Å². The molecule has 1 aromatic heterocycles. The van der Waals surface area contributed by atoms with Gasteiger partial charge in [-0.1, -0.05) is 6.92 Å². The van der Waals surface area contributed by atoms with E-state index >= 15 is 0 Å². The Kier molecular flexibility index (Phi) is 4.97. The molecule has 4 nitrogen and oxygen atoms in total. The molecule has 2 amide bonds. The molecule has 1 heterocycles. The van der Waals surface area contributed by atoms with Gasteiger partial charge >= 0.3 is 6.03 Å². The molecule has 0 spiro atoms. The molecular weight excluding hydrogens is 356 g/mol. The highest BCUT2D eigenvalue weighted by Crippen LogP contribution is 2.41. The SMILES string of the molecule is CCc1cc(SN(C)C(=O)Nc2c3c(c(C)c4c2CCC4)CCC3)oc1C. The molecule has 27 heavy (non-hydrogen) atoms. The first-order valence-electron chi connectivity index (χ1n) is 9.97. The van der Waals surface area contributed by atoms with Crippen molar-refractivity contribution in [3.8, 4) is 0 Å². The minimum Gasteiger partial charge on any atom is -0.453 e. The van der Waals surface area contributed by atoms with Gasteiger partial charge in [0.2, 0.25) is 0 Å². The number of nitrogens with one attached hydrogen (secondary N) is 1. The largest absolute Gasteiger partial charge is 0.453 e. The van der Waals surface area contributed by atoms with E-state index in [2.05, 4.69) is 19.2 Å². The van der Waals surface area contributed by atoms with Gasteiger partial charge in [-0.25, -0.2) is 4.79 Å². The van der Waals surface area contributed by atoms with Crippen LogP contribution in [0.2, 0.25) is 0 Å². The van der Waals surface area contributed by atoms with Gasteiger partial charge in [-0.05, 0) is 98.2 Å². The average Bonchev–Trinajstić information content (AvgIpc) is 3.37. The van der Waals surface area contributed by atoms with E-state index in [1.807, 2.05) is 13.0 Å². The van der Waals surface area contributed by atoms with Gasteiger partial charge in [0, 0.05) is 24.7 Å². The van der Waals surface area contributed by atoms with Crippen molar-refractivity contribution in [2.45, 2.75) is 70.8 Å². The average molecular weight is 385 g/mol. The summed E-state index contributed by atoms with van der Waals surface area (Å²) in [6.07, 6.45) is 7.77. The number of amides is 2. The normalized spacial score (nSPS) is 15.0. The van der Waals surface area contributed by atoms with Gasteiger partial charge in [0.1, 0.15) is 5.76 Å². The van der Waals surface area contributed by atoms with Crippen molar-refractivity contribution in [2.24, 2.45) is 0 Å². The monoisotopic (exact) mass is 384 g/mol. The molecule has 0 fully saturated rings. The summed E-state index contributed by atoms with van der Waals surface area (Å²) in [7, 11) is 1.80. The number of carbonyl (C=O) groups excluding carboxylic acids is 1. The van der Waals surface area contributed by atoms with E-state index < -0.39 is 0 Å². The van der Waals surface area contributed by atoms with Crippen molar-refractivity contribution in [3.05, 3.63) is 45.2 Å². The zero-order valence-corrected chi connectivity index (χ0v) is 17.5. The molecular formula is C22H28N2O2S. The Morgan fingerprint density at radius 1 is 1.11 bits per heavy atom. The summed E-state index contributed by atoms with van der Waals surface area (Å²) < 4.78 is 7.42. The number of urea groups is 1. The highest BCUT2D eigenvalue weighted by Gasteiger charge is 2.28. The van der Waals surface area contributed by atoms with Crippen LogP contribution in [0.15, 0.2) is 15.6 Å². The number of hydrogen-bond acceptors (Lipinski definition) is 3. The highest BCUT2D eigenvalue weighted by atomic mass is 32.2. The Hall–Kier alpha value is -1.88. The van der Waals surface area contributed by atoms with Crippen LogP contribution in [0.5, 0.6) is 0 Å². The van der Waals surface area contributed by atoms with Crippen molar-refractivity contribution >= 4 is 23.7 Å². The Morgan fingerprint density at radius 3 is 2.26 bits per heavy atom. The summed E-state index contributed by atoms with van der Waals surface area (Å²) in [5.41, 5.74) is 9.49. The molecule has 0 saturated heterocycles. The van der Waals surface area contributed by atoms with Crippen molar-refractivity contribution in [3.63, 3.8) is 0 Å². The van der Waals surface area contributed by atoms with Crippen LogP contribution in [0.3, 0.4) is 0 Å². The topological polar surface area (TPSA) is 45.5 Å². The predicted molar refractivity (Wildman–Crippen MR) is 111 cm³/mol. The van der Waals surface area contributed by atoms with Gasteiger partial charge in [0.25, 0.3) is 0 Å². The fourth-order valence-corrected chi connectivity index (χ4v) is 5.39. The quantitative estimate of drug-likeness (QED) is 0.697. The summed E-state index contributed by atoms with van der Waals surface area (Å²) in [6, 6.07) is 1.95. The number of rotatable bonds is 4. The third-order valence-corrected chi connectivity index (χ3v) is 6.89. The molecule has 0 unspecified atom stereocenters. The molecule has 1 aromatic carbocycles. The molecule has 4 rings (SSSR count). The molecule has 2 aliphatic carbocycles. The van der Waals surface area contributed by atoms with Gasteiger partial charge in [0.15, 0.2) is 5.09 Å². The molecule has 144 valence electrons. The van der Waals surface area contributed by atoms with Gasteiger partial charge in [-0.15, -0.1) is 0 Å². The fourth-order valence-electron chi connectivity index (χ4n) is 4.63. The number of hydrogen-bond donors (Lipinski definition) is 1. The molecule has 0 radical (unpaired) electrons. The molecule has 1 N–H and O–H groups in total. The lowest BCUT2D eigenvalue weighted by molar-refractivity contribution is 0.242. The molecule has 0 aliphatic heterocycles. The van der Waals surface area contributed by atoms with Gasteiger partial charge in [-0.2, -0.15) is 0 Å². The standard InChI is InChI=1S/C22H28N2O2S/c1-5-15-12-20(26-14(15)3)27-24(4)22(25)23-21-18-10-6-8-16(18)13(2)17-9-7-11-19(17)21/h12H,5-11H2,1-4H3,(H,23,25). The fraction of sp³-hybridized carbons (Fsp3) is 0.500. The van der Waals surface area contributed by atoms with Crippen LogP contribution in [0.1, 0.15) is 58.9 Å². The summed E-state index contributed by atoms with van der Waals surface area (Å²) in [4.78, 5) is 12.9. The van der Waals surface area contributed by atoms with Crippen molar-refractivity contribution in [1.82, 2.24) is 4.31 Å². The van der Waals surface area contributed by atoms with E-state index in [1.54, 1.807) is 11.4 Å². The summed E-state index contributed by atoms with van der Waals surface area (Å²) in [6.45, 7) is 6.36. The lowest BCUT2D eigenvalue weighted by Gasteiger charge is -2.21. The third-order valence-electron chi connectivity index (χ3n) is 6.07. The second kappa shape index (κ2) is 7.27. The molecule has 0 atom stereocenters. The Labute approximate surface area is 165 Å². The molecule has 5 heteroatoms. The van der Waals surface area contributed by atoms with E-state index in [0.29, 0.717) is 0 Å². The number of fused-ring (bicyclic) bond motifs is 2. The van der Waals surface area contributed by atoms with Crippen LogP contribution >= 0.6 is 11.9 Å². The van der Waals surface area contributed by atoms with E-state index in [9.17, 15) is 4.79 Å². The molecule has 2 aliphatic rings. The first kappa shape index (κ1) is 18.5. The third kappa shape index (κ3) is 3.27. The van der Waals surface area contributed by atoms with Crippen LogP contribution in [-0.4, -0.2) is 17.4 Å². The Balaban J connectivity index is 1.56. The second-order valence-electron chi connectivity index (χ2n) is 7.64. The van der Waals surface area contributed by atoms with Crippen molar-refractivity contribution in [2.75, 3.05) is 12.4 Å². The van der Waals surface area contributed by atoms with Gasteiger partial charge in [0.05, 0.1) is 0 Å². The van der Waals surface area contributed by atoms with Crippen molar-refractivity contribution in [1.29, 1.82) is 0 Å². The maximum absolute atomic E-state index is 12.9. The van der Waals surface area contributed by atoms with E-state index in [4.69, 9.17) is 4.42 Å². The van der Waals surface area contributed by atoms with E-state index in [-0.39, 0.29) is 6.03 Å². The predicted octanol–water partition coefficient (Wildman–Crippen LogP) is 5.61. The lowest BCUT2D eigenvalue weighted by atomic mass is 9.93. The Morgan fingerprint density at radius 2 is 1.70 bits per heavy atom. The first-order chi connectivity index (χ1) is 13.0. The molecule has 2 aromatic rings. The number of carbonyl (C=O) groups is 1. The van der Waals surface area contributed by atoms with Crippen molar-refractivity contribution < 1.29 is 9.21 Å². The lowest BCUT2D eigenvalue weighted by Crippen LogP contribution is -2.26. The van der Waals surface area contributed by atoms with Gasteiger partial charge in [-0.3, -0.25) is 4.31 Å². The Bertz CT molecular complexity index is 865. The van der Waals surface area contributed by atoms with Gasteiger partial charge < -0.3 is 9.73 Å². The number of nitrogens with zero attached hydrogens (tertiary/aromatic N) is 1. The minimum absolute atomic E-state index is 0.0841. The minimum atomic E-state index is -0.0841. The number of aryl methyl sites for hydroxylation is 2. The number of furan rings is 1. The molecule has 0 bridgehead atoms. The smallest absolute Gasteiger partial charge is 0.331 e. The maximum atomic E-state index is 12.9. The van der Waals surface area contributed by atoms with Crippen LogP contribution in [0.25, 0.3) is 0 Å². The van der Waals surface area contributed by atoms with Crippen LogP contribution in [-0.2, 0) is 32.1 Å². The maximum Gasteiger partial charge on any atom is 0.331 e. The second-order valence-corrected chi connectivity index (χ2v) is 8.77. The zero-order valence-electron chi connectivity index (χ0n) is 16.7. The summed E-state index contributed by atoms with van der Waals surface area (Å²) >= 11 is 1.35. The van der Waals surface area contributed by atoms with Crippen LogP contribution < -0.4 is 5.32 Å². The first-order valence-corrected chi connectivity index (χ1v) is 10.7. The van der Waals surface area contributed by atoms with E-state index in [1.165, 1.54) is 58.2 Å². The number of anilines is 1. The number of benzene rings is 1. The summed E-state index contributed by atoms with van der Waals surface area (Å²) in [5.74, 6) is 0.933.